The minimum absolute atomic E-state index is 0.0124. The maximum absolute atomic E-state index is 13.6. The number of rotatable bonds is 11. The van der Waals surface area contributed by atoms with Crippen LogP contribution in [-0.2, 0) is 4.79 Å². The lowest BCUT2D eigenvalue weighted by Crippen LogP contribution is -2.51. The summed E-state index contributed by atoms with van der Waals surface area (Å²) >= 11 is 0. The average Bonchev–Trinajstić information content (AvgIpc) is 3.43. The number of nitrogens with one attached hydrogen (secondary N) is 3. The van der Waals surface area contributed by atoms with Gasteiger partial charge in [-0.2, -0.15) is 0 Å². The summed E-state index contributed by atoms with van der Waals surface area (Å²) in [5.74, 6) is -1.00. The molecule has 1 aliphatic rings. The van der Waals surface area contributed by atoms with Crippen LogP contribution in [0, 0.1) is 11.7 Å². The van der Waals surface area contributed by atoms with Gasteiger partial charge >= 0.3 is 6.36 Å². The number of carbonyl (C=O) groups is 2. The molecular formula is C30H33F4N3O4. The van der Waals surface area contributed by atoms with E-state index in [1.807, 2.05) is 0 Å². The third-order valence-electron chi connectivity index (χ3n) is 6.94. The molecule has 2 aromatic carbocycles. The van der Waals surface area contributed by atoms with Gasteiger partial charge in [-0.25, -0.2) is 4.39 Å². The van der Waals surface area contributed by atoms with Crippen molar-refractivity contribution in [1.82, 2.24) is 10.6 Å². The second-order valence-corrected chi connectivity index (χ2v) is 10.3. The molecule has 2 atom stereocenters. The van der Waals surface area contributed by atoms with Crippen LogP contribution in [0.25, 0.3) is 11.3 Å². The monoisotopic (exact) mass is 575 g/mol. The van der Waals surface area contributed by atoms with Gasteiger partial charge in [0.2, 0.25) is 5.91 Å². The Balaban J connectivity index is 1.36. The van der Waals surface area contributed by atoms with Crippen molar-refractivity contribution in [1.29, 1.82) is 0 Å². The van der Waals surface area contributed by atoms with E-state index >= 15 is 0 Å². The Hall–Kier alpha value is -4.02. The summed E-state index contributed by atoms with van der Waals surface area (Å²) in [5, 5.41) is 8.80. The van der Waals surface area contributed by atoms with Crippen LogP contribution < -0.4 is 20.7 Å². The molecule has 0 radical (unpaired) electrons. The maximum Gasteiger partial charge on any atom is 0.573 e. The standard InChI is InChI=1S/C30H33F4N3O4/c1-19(18-35-23-10-12-24(13-11-23)41-30(32,33)34)36-28(38)25(16-20-6-3-2-4-7-20)37-29(39)27-15-14-26(40-27)21-8-5-9-22(31)17-21/h5,8-15,17,19-20,25,35H,2-4,6-7,16,18H2,1H3,(H,36,38)(H,37,39)/t19-,25-/m0/s1. The van der Waals surface area contributed by atoms with Gasteiger partial charge in [-0.3, -0.25) is 9.59 Å². The van der Waals surface area contributed by atoms with Gasteiger partial charge in [-0.05, 0) is 67.8 Å². The summed E-state index contributed by atoms with van der Waals surface area (Å²) in [4.78, 5) is 26.4. The number of furan rings is 1. The summed E-state index contributed by atoms with van der Waals surface area (Å²) in [6.45, 7) is 2.08. The molecule has 2 amide bonds. The summed E-state index contributed by atoms with van der Waals surface area (Å²) in [5.41, 5.74) is 1.05. The van der Waals surface area contributed by atoms with Crippen LogP contribution in [0.5, 0.6) is 5.75 Å². The van der Waals surface area contributed by atoms with Gasteiger partial charge in [0.1, 0.15) is 23.4 Å². The topological polar surface area (TPSA) is 92.6 Å². The maximum atomic E-state index is 13.6. The quantitative estimate of drug-likeness (QED) is 0.222. The lowest BCUT2D eigenvalue weighted by molar-refractivity contribution is -0.274. The predicted molar refractivity (Wildman–Crippen MR) is 146 cm³/mol. The molecule has 220 valence electrons. The first-order valence-corrected chi connectivity index (χ1v) is 13.6. The van der Waals surface area contributed by atoms with Gasteiger partial charge < -0.3 is 25.1 Å². The van der Waals surface area contributed by atoms with E-state index < -0.39 is 24.1 Å². The van der Waals surface area contributed by atoms with E-state index in [-0.39, 0.29) is 23.5 Å². The van der Waals surface area contributed by atoms with Crippen LogP contribution in [0.3, 0.4) is 0 Å². The smallest absolute Gasteiger partial charge is 0.451 e. The number of benzene rings is 2. The van der Waals surface area contributed by atoms with Crippen molar-refractivity contribution in [2.75, 3.05) is 11.9 Å². The molecule has 11 heteroatoms. The highest BCUT2D eigenvalue weighted by atomic mass is 19.4. The number of ether oxygens (including phenoxy) is 1. The lowest BCUT2D eigenvalue weighted by Gasteiger charge is -2.27. The van der Waals surface area contributed by atoms with Gasteiger partial charge in [0.15, 0.2) is 5.76 Å². The van der Waals surface area contributed by atoms with Gasteiger partial charge in [0.05, 0.1) is 0 Å². The lowest BCUT2D eigenvalue weighted by atomic mass is 9.84. The first kappa shape index (κ1) is 30.0. The normalized spacial score (nSPS) is 15.5. The fourth-order valence-electron chi connectivity index (χ4n) is 4.91. The highest BCUT2D eigenvalue weighted by Gasteiger charge is 2.31. The van der Waals surface area contributed by atoms with E-state index in [9.17, 15) is 27.2 Å². The number of carbonyl (C=O) groups excluding carboxylic acids is 2. The number of halogens is 4. The van der Waals surface area contributed by atoms with Gasteiger partial charge in [0.25, 0.3) is 5.91 Å². The number of anilines is 1. The number of amides is 2. The molecule has 1 aliphatic carbocycles. The highest BCUT2D eigenvalue weighted by Crippen LogP contribution is 2.28. The van der Waals surface area contributed by atoms with E-state index in [1.165, 1.54) is 42.5 Å². The molecule has 7 nitrogen and oxygen atoms in total. The number of hydrogen-bond acceptors (Lipinski definition) is 5. The highest BCUT2D eigenvalue weighted by molar-refractivity contribution is 5.96. The minimum atomic E-state index is -4.77. The van der Waals surface area contributed by atoms with E-state index in [0.717, 1.165) is 32.1 Å². The summed E-state index contributed by atoms with van der Waals surface area (Å²) in [7, 11) is 0. The summed E-state index contributed by atoms with van der Waals surface area (Å²) in [6, 6.07) is 13.0. The van der Waals surface area contributed by atoms with Crippen molar-refractivity contribution in [2.24, 2.45) is 5.92 Å². The van der Waals surface area contributed by atoms with E-state index in [1.54, 1.807) is 25.1 Å². The van der Waals surface area contributed by atoms with Gasteiger partial charge in [0, 0.05) is 23.8 Å². The molecule has 1 heterocycles. The van der Waals surface area contributed by atoms with Crippen molar-refractivity contribution in [3.63, 3.8) is 0 Å². The molecule has 0 bridgehead atoms. The number of hydrogen-bond donors (Lipinski definition) is 3. The molecule has 41 heavy (non-hydrogen) atoms. The molecule has 3 N–H and O–H groups in total. The van der Waals surface area contributed by atoms with Crippen molar-refractivity contribution in [3.8, 4) is 17.1 Å². The summed E-state index contributed by atoms with van der Waals surface area (Å²) in [6.07, 6.45) is 0.990. The Labute approximate surface area is 235 Å². The molecule has 4 rings (SSSR count). The van der Waals surface area contributed by atoms with Crippen molar-refractivity contribution in [2.45, 2.75) is 63.9 Å². The molecule has 0 unspecified atom stereocenters. The molecule has 1 aromatic heterocycles. The van der Waals surface area contributed by atoms with E-state index in [0.29, 0.717) is 35.9 Å². The SMILES string of the molecule is C[C@@H](CNc1ccc(OC(F)(F)F)cc1)NC(=O)[C@H](CC1CCCCC1)NC(=O)c1ccc(-c2cccc(F)c2)o1. The fraction of sp³-hybridized carbons (Fsp3) is 0.400. The van der Waals surface area contributed by atoms with Gasteiger partial charge in [-0.1, -0.05) is 44.2 Å². The van der Waals surface area contributed by atoms with Crippen LogP contribution >= 0.6 is 0 Å². The average molecular weight is 576 g/mol. The third kappa shape index (κ3) is 9.26. The van der Waals surface area contributed by atoms with Crippen LogP contribution in [0.4, 0.5) is 23.2 Å². The second-order valence-electron chi connectivity index (χ2n) is 10.3. The summed E-state index contributed by atoms with van der Waals surface area (Å²) < 4.78 is 60.3. The Bertz CT molecular complexity index is 1300. The molecular weight excluding hydrogens is 542 g/mol. The van der Waals surface area contributed by atoms with Gasteiger partial charge in [-0.15, -0.1) is 13.2 Å². The molecule has 3 aromatic rings. The fourth-order valence-corrected chi connectivity index (χ4v) is 4.91. The molecule has 0 saturated heterocycles. The minimum Gasteiger partial charge on any atom is -0.451 e. The van der Waals surface area contributed by atoms with Crippen molar-refractivity contribution in [3.05, 3.63) is 72.2 Å². The van der Waals surface area contributed by atoms with Crippen LogP contribution in [0.2, 0.25) is 0 Å². The zero-order valence-corrected chi connectivity index (χ0v) is 22.6. The zero-order valence-electron chi connectivity index (χ0n) is 22.6. The third-order valence-corrected chi connectivity index (χ3v) is 6.94. The molecule has 1 fully saturated rings. The van der Waals surface area contributed by atoms with Crippen LogP contribution in [0.1, 0.15) is 56.0 Å². The number of alkyl halides is 3. The zero-order chi connectivity index (χ0) is 29.4. The Morgan fingerprint density at radius 1 is 1.00 bits per heavy atom. The van der Waals surface area contributed by atoms with Crippen LogP contribution in [0.15, 0.2) is 65.1 Å². The largest absolute Gasteiger partial charge is 0.573 e. The molecule has 0 spiro atoms. The Morgan fingerprint density at radius 2 is 1.73 bits per heavy atom. The first-order chi connectivity index (χ1) is 19.6. The van der Waals surface area contributed by atoms with Crippen LogP contribution in [-0.4, -0.2) is 36.8 Å². The van der Waals surface area contributed by atoms with Crippen molar-refractivity contribution < 1.29 is 36.3 Å². The van der Waals surface area contributed by atoms with Crippen molar-refractivity contribution >= 4 is 17.5 Å². The van der Waals surface area contributed by atoms with E-state index in [2.05, 4.69) is 20.7 Å². The molecule has 1 saturated carbocycles. The second kappa shape index (κ2) is 13.6. The Morgan fingerprint density at radius 3 is 2.41 bits per heavy atom. The first-order valence-electron chi connectivity index (χ1n) is 13.6. The Kier molecular flexibility index (Phi) is 9.91. The molecule has 0 aliphatic heterocycles. The predicted octanol–water partition coefficient (Wildman–Crippen LogP) is 6.67. The van der Waals surface area contributed by atoms with E-state index in [4.69, 9.17) is 4.42 Å².